The van der Waals surface area contributed by atoms with Crippen LogP contribution in [0.5, 0.6) is 0 Å². The lowest BCUT2D eigenvalue weighted by Crippen LogP contribution is -2.31. The molecule has 2 N–H and O–H groups in total. The molecule has 1 aliphatic heterocycles. The molecule has 3 rings (SSSR count). The molecule has 2 aromatic rings. The van der Waals surface area contributed by atoms with Gasteiger partial charge in [0.1, 0.15) is 0 Å². The van der Waals surface area contributed by atoms with Crippen molar-refractivity contribution in [2.75, 3.05) is 25.0 Å². The molecule has 0 aliphatic carbocycles. The quantitative estimate of drug-likeness (QED) is 0.824. The number of rotatable bonds is 6. The Hall–Kier alpha value is -2.82. The zero-order valence-corrected chi connectivity index (χ0v) is 15.6. The van der Waals surface area contributed by atoms with E-state index in [1.165, 1.54) is 12.8 Å². The molecule has 0 spiro atoms. The third kappa shape index (κ3) is 5.84. The highest BCUT2D eigenvalue weighted by Crippen LogP contribution is 2.15. The Bertz CT molecular complexity index is 736. The molecule has 0 bridgehead atoms. The van der Waals surface area contributed by atoms with Crippen molar-refractivity contribution >= 4 is 17.5 Å². The third-order valence-corrected chi connectivity index (χ3v) is 4.81. The first-order valence-corrected chi connectivity index (χ1v) is 9.66. The number of anilines is 1. The minimum absolute atomic E-state index is 0.0661. The molecule has 1 heterocycles. The molecule has 1 fully saturated rings. The summed E-state index contributed by atoms with van der Waals surface area (Å²) < 4.78 is 0. The maximum Gasteiger partial charge on any atom is 0.253 e. The molecular formula is C22H27N3O2. The number of likely N-dealkylation sites (tertiary alicyclic amines) is 1. The van der Waals surface area contributed by atoms with Crippen LogP contribution >= 0.6 is 0 Å². The monoisotopic (exact) mass is 365 g/mol. The van der Waals surface area contributed by atoms with Gasteiger partial charge in [-0.3, -0.25) is 9.59 Å². The summed E-state index contributed by atoms with van der Waals surface area (Å²) in [5.74, 6) is 0.0348. The zero-order valence-electron chi connectivity index (χ0n) is 15.6. The highest BCUT2D eigenvalue weighted by Gasteiger charge is 2.17. The summed E-state index contributed by atoms with van der Waals surface area (Å²) in [6, 6.07) is 17.2. The van der Waals surface area contributed by atoms with Gasteiger partial charge in [-0.2, -0.15) is 0 Å². The summed E-state index contributed by atoms with van der Waals surface area (Å²) in [6.45, 7) is 2.41. The lowest BCUT2D eigenvalue weighted by molar-refractivity contribution is -0.119. The molecule has 1 saturated heterocycles. The molecule has 2 aromatic carbocycles. The van der Waals surface area contributed by atoms with Gasteiger partial charge >= 0.3 is 0 Å². The summed E-state index contributed by atoms with van der Waals surface area (Å²) in [7, 11) is 0. The van der Waals surface area contributed by atoms with Gasteiger partial charge in [-0.1, -0.05) is 43.2 Å². The van der Waals surface area contributed by atoms with Crippen molar-refractivity contribution in [3.05, 3.63) is 65.7 Å². The predicted octanol–water partition coefficient (Wildman–Crippen LogP) is 3.43. The fraction of sp³-hybridized carbons (Fsp3) is 0.364. The van der Waals surface area contributed by atoms with E-state index >= 15 is 0 Å². The van der Waals surface area contributed by atoms with Crippen LogP contribution in [0.15, 0.2) is 54.6 Å². The van der Waals surface area contributed by atoms with Crippen LogP contribution in [0.4, 0.5) is 5.69 Å². The van der Waals surface area contributed by atoms with E-state index in [1.54, 1.807) is 0 Å². The number of nitrogens with one attached hydrogen (secondary N) is 2. The Balaban J connectivity index is 1.45. The van der Waals surface area contributed by atoms with E-state index in [2.05, 4.69) is 10.6 Å². The Morgan fingerprint density at radius 3 is 2.19 bits per heavy atom. The van der Waals surface area contributed by atoms with Crippen molar-refractivity contribution in [3.8, 4) is 0 Å². The molecule has 0 radical (unpaired) electrons. The van der Waals surface area contributed by atoms with Crippen LogP contribution in [0.1, 0.15) is 41.6 Å². The number of benzene rings is 2. The lowest BCUT2D eigenvalue weighted by Gasteiger charge is -2.20. The summed E-state index contributed by atoms with van der Waals surface area (Å²) in [4.78, 5) is 26.5. The van der Waals surface area contributed by atoms with Crippen molar-refractivity contribution in [1.29, 1.82) is 0 Å². The van der Waals surface area contributed by atoms with Crippen LogP contribution in [0.25, 0.3) is 0 Å². The van der Waals surface area contributed by atoms with E-state index in [4.69, 9.17) is 0 Å². The minimum Gasteiger partial charge on any atom is -0.376 e. The number of carbonyl (C=O) groups excluding carboxylic acids is 2. The van der Waals surface area contributed by atoms with Crippen LogP contribution < -0.4 is 10.6 Å². The van der Waals surface area contributed by atoms with Gasteiger partial charge in [0, 0.05) is 30.9 Å². The van der Waals surface area contributed by atoms with Gasteiger partial charge in [-0.15, -0.1) is 0 Å². The maximum atomic E-state index is 12.6. The first kappa shape index (κ1) is 19.0. The minimum atomic E-state index is -0.0661. The highest BCUT2D eigenvalue weighted by molar-refractivity contribution is 5.94. The number of hydrogen-bond donors (Lipinski definition) is 2. The van der Waals surface area contributed by atoms with E-state index in [0.29, 0.717) is 12.1 Å². The largest absolute Gasteiger partial charge is 0.376 e. The normalized spacial score (nSPS) is 14.3. The topological polar surface area (TPSA) is 61.4 Å². The van der Waals surface area contributed by atoms with Crippen LogP contribution in [0.3, 0.4) is 0 Å². The summed E-state index contributed by atoms with van der Waals surface area (Å²) >= 11 is 0. The summed E-state index contributed by atoms with van der Waals surface area (Å²) in [5.41, 5.74) is 2.61. The zero-order chi connectivity index (χ0) is 18.9. The molecule has 27 heavy (non-hydrogen) atoms. The van der Waals surface area contributed by atoms with Crippen molar-refractivity contribution in [3.63, 3.8) is 0 Å². The van der Waals surface area contributed by atoms with Crippen molar-refractivity contribution in [2.24, 2.45) is 0 Å². The van der Waals surface area contributed by atoms with Gasteiger partial charge in [0.25, 0.3) is 5.91 Å². The van der Waals surface area contributed by atoms with Crippen molar-refractivity contribution in [1.82, 2.24) is 10.2 Å². The predicted molar refractivity (Wildman–Crippen MR) is 108 cm³/mol. The number of nitrogens with zero attached hydrogens (tertiary/aromatic N) is 1. The molecule has 0 unspecified atom stereocenters. The van der Waals surface area contributed by atoms with E-state index in [1.807, 2.05) is 59.5 Å². The standard InChI is InChI=1S/C22H27N3O2/c26-21(24-16-18-8-4-3-5-9-18)17-23-20-12-10-19(11-13-20)22(27)25-14-6-1-2-7-15-25/h3-5,8-13,23H,1-2,6-7,14-17H2,(H,24,26). The lowest BCUT2D eigenvalue weighted by atomic mass is 10.1. The first-order chi connectivity index (χ1) is 13.2. The van der Waals surface area contributed by atoms with E-state index in [9.17, 15) is 9.59 Å². The smallest absolute Gasteiger partial charge is 0.253 e. The van der Waals surface area contributed by atoms with Gasteiger partial charge in [0.2, 0.25) is 5.91 Å². The van der Waals surface area contributed by atoms with Gasteiger partial charge in [0.15, 0.2) is 0 Å². The number of carbonyl (C=O) groups is 2. The first-order valence-electron chi connectivity index (χ1n) is 9.66. The average Bonchev–Trinajstić information content (AvgIpc) is 3.01. The van der Waals surface area contributed by atoms with Crippen LogP contribution in [-0.4, -0.2) is 36.3 Å². The molecule has 5 nitrogen and oxygen atoms in total. The summed E-state index contributed by atoms with van der Waals surface area (Å²) in [6.07, 6.45) is 4.59. The Kier molecular flexibility index (Phi) is 6.85. The van der Waals surface area contributed by atoms with E-state index in [0.717, 1.165) is 37.2 Å². The molecular weight excluding hydrogens is 338 g/mol. The van der Waals surface area contributed by atoms with Crippen molar-refractivity contribution < 1.29 is 9.59 Å². The van der Waals surface area contributed by atoms with Crippen LogP contribution in [-0.2, 0) is 11.3 Å². The second-order valence-corrected chi connectivity index (χ2v) is 6.90. The molecule has 1 aliphatic rings. The molecule has 142 valence electrons. The maximum absolute atomic E-state index is 12.6. The van der Waals surface area contributed by atoms with E-state index in [-0.39, 0.29) is 18.4 Å². The second kappa shape index (κ2) is 9.76. The highest BCUT2D eigenvalue weighted by atomic mass is 16.2. The fourth-order valence-corrected chi connectivity index (χ4v) is 3.23. The molecule has 0 atom stereocenters. The third-order valence-electron chi connectivity index (χ3n) is 4.81. The van der Waals surface area contributed by atoms with E-state index < -0.39 is 0 Å². The van der Waals surface area contributed by atoms with Crippen LogP contribution in [0, 0.1) is 0 Å². The van der Waals surface area contributed by atoms with Gasteiger partial charge in [-0.05, 0) is 42.7 Å². The van der Waals surface area contributed by atoms with Crippen molar-refractivity contribution in [2.45, 2.75) is 32.2 Å². The van der Waals surface area contributed by atoms with Gasteiger partial charge < -0.3 is 15.5 Å². The van der Waals surface area contributed by atoms with Gasteiger partial charge in [0.05, 0.1) is 6.54 Å². The second-order valence-electron chi connectivity index (χ2n) is 6.90. The van der Waals surface area contributed by atoms with Gasteiger partial charge in [-0.25, -0.2) is 0 Å². The Labute approximate surface area is 160 Å². The fourth-order valence-electron chi connectivity index (χ4n) is 3.23. The number of hydrogen-bond acceptors (Lipinski definition) is 3. The summed E-state index contributed by atoms with van der Waals surface area (Å²) in [5, 5.41) is 5.98. The number of amides is 2. The Morgan fingerprint density at radius 1 is 0.852 bits per heavy atom. The molecule has 5 heteroatoms. The average molecular weight is 365 g/mol. The Morgan fingerprint density at radius 2 is 1.52 bits per heavy atom. The van der Waals surface area contributed by atoms with Crippen LogP contribution in [0.2, 0.25) is 0 Å². The molecule has 0 aromatic heterocycles. The molecule has 0 saturated carbocycles. The molecule has 2 amide bonds. The SMILES string of the molecule is O=C(CNc1ccc(C(=O)N2CCCCCC2)cc1)NCc1ccccc1.